The number of carbonyl (C=O) groups excluding carboxylic acids is 2. The maximum atomic E-state index is 12.7. The smallest absolute Gasteiger partial charge is 0.326 e. The second kappa shape index (κ2) is 10.4. The van der Waals surface area contributed by atoms with Crippen LogP contribution in [0.2, 0.25) is 5.02 Å². The second-order valence-corrected chi connectivity index (χ2v) is 7.26. The van der Waals surface area contributed by atoms with Crippen LogP contribution < -0.4 is 5.32 Å². The first-order valence-electron chi connectivity index (χ1n) is 9.54. The minimum atomic E-state index is -1.00. The van der Waals surface area contributed by atoms with E-state index < -0.39 is 30.1 Å². The highest BCUT2D eigenvalue weighted by atomic mass is 35.5. The standard InChI is InChI=1S/C20H27ClN2O5/c1-3-28-20(27)16(11-10-14-7-4-5-8-15(14)21)22-13(2)18(24)23-12-6-9-17(23)19(25)26/h4-5,7-8,13,16-17,22H,3,6,9-12H2,1-2H3,(H,25,26)/t13-,16?,17-/m0/s1. The molecule has 1 aromatic carbocycles. The number of aliphatic carboxylic acids is 1. The highest BCUT2D eigenvalue weighted by Gasteiger charge is 2.37. The number of carboxylic acids is 1. The van der Waals surface area contributed by atoms with E-state index in [0.29, 0.717) is 37.3 Å². The van der Waals surface area contributed by atoms with Gasteiger partial charge in [-0.3, -0.25) is 14.9 Å². The van der Waals surface area contributed by atoms with E-state index in [1.807, 2.05) is 18.2 Å². The molecule has 1 aliphatic rings. The Morgan fingerprint density at radius 3 is 2.71 bits per heavy atom. The topological polar surface area (TPSA) is 95.9 Å². The monoisotopic (exact) mass is 410 g/mol. The molecule has 1 fully saturated rings. The first-order chi connectivity index (χ1) is 13.3. The Bertz CT molecular complexity index is 712. The van der Waals surface area contributed by atoms with E-state index in [2.05, 4.69) is 5.32 Å². The number of benzene rings is 1. The number of carboxylic acid groups (broad SMARTS) is 1. The van der Waals surface area contributed by atoms with Crippen LogP contribution in [0.1, 0.15) is 38.7 Å². The number of rotatable bonds is 9. The summed E-state index contributed by atoms with van der Waals surface area (Å²) >= 11 is 6.18. The predicted octanol–water partition coefficient (Wildman–Crippen LogP) is 2.26. The quantitative estimate of drug-likeness (QED) is 0.606. The van der Waals surface area contributed by atoms with Gasteiger partial charge < -0.3 is 14.7 Å². The van der Waals surface area contributed by atoms with Crippen molar-refractivity contribution in [3.05, 3.63) is 34.9 Å². The summed E-state index contributed by atoms with van der Waals surface area (Å²) in [6.07, 6.45) is 2.05. The van der Waals surface area contributed by atoms with Gasteiger partial charge in [0.2, 0.25) is 5.91 Å². The van der Waals surface area contributed by atoms with Crippen molar-refractivity contribution in [1.82, 2.24) is 10.2 Å². The van der Waals surface area contributed by atoms with Gasteiger partial charge in [-0.1, -0.05) is 29.8 Å². The van der Waals surface area contributed by atoms with Crippen molar-refractivity contribution in [2.75, 3.05) is 13.2 Å². The number of likely N-dealkylation sites (tertiary alicyclic amines) is 1. The van der Waals surface area contributed by atoms with Gasteiger partial charge in [-0.15, -0.1) is 0 Å². The summed E-state index contributed by atoms with van der Waals surface area (Å²) in [6, 6.07) is 5.18. The van der Waals surface area contributed by atoms with E-state index in [-0.39, 0.29) is 12.5 Å². The third-order valence-electron chi connectivity index (χ3n) is 4.87. The van der Waals surface area contributed by atoms with E-state index in [9.17, 15) is 19.5 Å². The van der Waals surface area contributed by atoms with Gasteiger partial charge in [-0.25, -0.2) is 4.79 Å². The van der Waals surface area contributed by atoms with Crippen LogP contribution in [0.5, 0.6) is 0 Å². The molecule has 0 aliphatic carbocycles. The van der Waals surface area contributed by atoms with Crippen molar-refractivity contribution in [3.8, 4) is 0 Å². The molecule has 0 aromatic heterocycles. The van der Waals surface area contributed by atoms with Crippen LogP contribution in [-0.2, 0) is 25.5 Å². The van der Waals surface area contributed by atoms with Crippen LogP contribution in [0.3, 0.4) is 0 Å². The molecule has 2 N–H and O–H groups in total. The highest BCUT2D eigenvalue weighted by molar-refractivity contribution is 6.31. The molecule has 7 nitrogen and oxygen atoms in total. The first kappa shape index (κ1) is 22.2. The number of aryl methyl sites for hydroxylation is 1. The SMILES string of the molecule is CCOC(=O)C(CCc1ccccc1Cl)N[C@@H](C)C(=O)N1CCC[C@H]1C(=O)O. The largest absolute Gasteiger partial charge is 0.480 e. The lowest BCUT2D eigenvalue weighted by molar-refractivity contribution is -0.150. The Labute approximate surface area is 170 Å². The number of carbonyl (C=O) groups is 3. The van der Waals surface area contributed by atoms with E-state index in [0.717, 1.165) is 5.56 Å². The Morgan fingerprint density at radius 1 is 1.36 bits per heavy atom. The third-order valence-corrected chi connectivity index (χ3v) is 5.24. The molecule has 0 spiro atoms. The average Bonchev–Trinajstić information content (AvgIpc) is 3.15. The Kier molecular flexibility index (Phi) is 8.26. The fourth-order valence-corrected chi connectivity index (χ4v) is 3.65. The molecule has 1 unspecified atom stereocenters. The van der Waals surface area contributed by atoms with Gasteiger partial charge in [0.15, 0.2) is 0 Å². The molecule has 1 aromatic rings. The molecular weight excluding hydrogens is 384 g/mol. The molecule has 2 rings (SSSR count). The summed E-state index contributed by atoms with van der Waals surface area (Å²) in [4.78, 5) is 37.8. The van der Waals surface area contributed by atoms with Gasteiger partial charge in [0.05, 0.1) is 12.6 Å². The minimum Gasteiger partial charge on any atom is -0.480 e. The lowest BCUT2D eigenvalue weighted by atomic mass is 10.0. The molecule has 154 valence electrons. The lowest BCUT2D eigenvalue weighted by Gasteiger charge is -2.27. The Hall–Kier alpha value is -2.12. The fourth-order valence-electron chi connectivity index (χ4n) is 3.42. The number of esters is 1. The van der Waals surface area contributed by atoms with Crippen molar-refractivity contribution in [2.45, 2.75) is 57.7 Å². The summed E-state index contributed by atoms with van der Waals surface area (Å²) in [5, 5.41) is 12.9. The van der Waals surface area contributed by atoms with Crippen molar-refractivity contribution in [1.29, 1.82) is 0 Å². The summed E-state index contributed by atoms with van der Waals surface area (Å²) in [7, 11) is 0. The predicted molar refractivity (Wildman–Crippen MR) is 105 cm³/mol. The van der Waals surface area contributed by atoms with Crippen molar-refractivity contribution in [2.24, 2.45) is 0 Å². The molecule has 1 saturated heterocycles. The van der Waals surface area contributed by atoms with Crippen LogP contribution in [0.4, 0.5) is 0 Å². The first-order valence-corrected chi connectivity index (χ1v) is 9.92. The Morgan fingerprint density at radius 2 is 2.07 bits per heavy atom. The van der Waals surface area contributed by atoms with Crippen molar-refractivity contribution >= 4 is 29.4 Å². The van der Waals surface area contributed by atoms with Gasteiger partial charge in [-0.05, 0) is 51.2 Å². The molecule has 1 aliphatic heterocycles. The van der Waals surface area contributed by atoms with E-state index in [1.165, 1.54) is 4.90 Å². The van der Waals surface area contributed by atoms with Crippen LogP contribution in [-0.4, -0.2) is 59.1 Å². The average molecular weight is 411 g/mol. The number of halogens is 1. The third kappa shape index (κ3) is 5.69. The molecule has 0 bridgehead atoms. The summed E-state index contributed by atoms with van der Waals surface area (Å²) in [5.41, 5.74) is 0.907. The number of ether oxygens (including phenoxy) is 1. The zero-order chi connectivity index (χ0) is 20.7. The van der Waals surface area contributed by atoms with Crippen LogP contribution in [0.25, 0.3) is 0 Å². The summed E-state index contributed by atoms with van der Waals surface area (Å²) < 4.78 is 5.13. The van der Waals surface area contributed by atoms with E-state index in [4.69, 9.17) is 16.3 Å². The van der Waals surface area contributed by atoms with Gasteiger partial charge in [0, 0.05) is 11.6 Å². The zero-order valence-corrected chi connectivity index (χ0v) is 16.9. The molecule has 1 heterocycles. The highest BCUT2D eigenvalue weighted by Crippen LogP contribution is 2.20. The molecule has 1 amide bonds. The van der Waals surface area contributed by atoms with Gasteiger partial charge >= 0.3 is 11.9 Å². The molecule has 0 saturated carbocycles. The van der Waals surface area contributed by atoms with Crippen molar-refractivity contribution < 1.29 is 24.2 Å². The second-order valence-electron chi connectivity index (χ2n) is 6.85. The maximum absolute atomic E-state index is 12.7. The van der Waals surface area contributed by atoms with Crippen LogP contribution >= 0.6 is 11.6 Å². The van der Waals surface area contributed by atoms with E-state index in [1.54, 1.807) is 19.9 Å². The van der Waals surface area contributed by atoms with Crippen molar-refractivity contribution in [3.63, 3.8) is 0 Å². The van der Waals surface area contributed by atoms with Gasteiger partial charge in [0.25, 0.3) is 0 Å². The number of hydrogen-bond acceptors (Lipinski definition) is 5. The van der Waals surface area contributed by atoms with Gasteiger partial charge in [0.1, 0.15) is 12.1 Å². The minimum absolute atomic E-state index is 0.235. The molecule has 28 heavy (non-hydrogen) atoms. The maximum Gasteiger partial charge on any atom is 0.326 e. The molecule has 8 heteroatoms. The van der Waals surface area contributed by atoms with Gasteiger partial charge in [-0.2, -0.15) is 0 Å². The Balaban J connectivity index is 2.04. The number of nitrogens with zero attached hydrogens (tertiary/aromatic N) is 1. The number of amides is 1. The summed E-state index contributed by atoms with van der Waals surface area (Å²) in [6.45, 7) is 4.00. The summed E-state index contributed by atoms with van der Waals surface area (Å²) in [5.74, 6) is -1.76. The van der Waals surface area contributed by atoms with E-state index >= 15 is 0 Å². The normalized spacial score (nSPS) is 18.5. The fraction of sp³-hybridized carbons (Fsp3) is 0.550. The lowest BCUT2D eigenvalue weighted by Crippen LogP contribution is -2.53. The molecular formula is C20H27ClN2O5. The molecule has 3 atom stereocenters. The van der Waals surface area contributed by atoms with Crippen LogP contribution in [0, 0.1) is 0 Å². The van der Waals surface area contributed by atoms with Crippen LogP contribution in [0.15, 0.2) is 24.3 Å². The molecule has 0 radical (unpaired) electrons. The zero-order valence-electron chi connectivity index (χ0n) is 16.2. The number of hydrogen-bond donors (Lipinski definition) is 2. The number of nitrogens with one attached hydrogen (secondary N) is 1.